The molecule has 0 saturated heterocycles. The number of nitrogens with one attached hydrogen (secondary N) is 2. The van der Waals surface area contributed by atoms with E-state index in [1.54, 1.807) is 0 Å². The standard InChI is InChI=1S/C48H32N2/c1-4-14-31(15-5-1)34-24-25-39(45-35(32-16-6-2-7-17-32)26-28-40-37-20-10-12-22-43(37)49-47(40)45)42(30-34)46-36(33-18-8-3-9-19-33)27-29-41-38-21-11-13-23-44(38)50-48(41)46/h1-30,49-50H/i24D,25D. The first-order valence-electron chi connectivity index (χ1n) is 18.0. The highest BCUT2D eigenvalue weighted by Crippen LogP contribution is 2.49. The van der Waals surface area contributed by atoms with Gasteiger partial charge >= 0.3 is 0 Å². The van der Waals surface area contributed by atoms with Crippen molar-refractivity contribution in [3.8, 4) is 55.6 Å². The smallest absolute Gasteiger partial charge is 0.0630 e. The zero-order valence-corrected chi connectivity index (χ0v) is 27.2. The van der Waals surface area contributed by atoms with Crippen molar-refractivity contribution in [2.75, 3.05) is 0 Å². The van der Waals surface area contributed by atoms with Crippen LogP contribution in [0.2, 0.25) is 0 Å². The van der Waals surface area contributed by atoms with E-state index < -0.39 is 0 Å². The normalized spacial score (nSPS) is 12.2. The number of H-pyrrole nitrogens is 2. The summed E-state index contributed by atoms with van der Waals surface area (Å²) >= 11 is 0. The maximum absolute atomic E-state index is 10.1. The molecule has 10 aromatic rings. The molecule has 0 aliphatic carbocycles. The summed E-state index contributed by atoms with van der Waals surface area (Å²) in [7, 11) is 0. The molecule has 2 heteroatoms. The molecule has 0 radical (unpaired) electrons. The lowest BCUT2D eigenvalue weighted by atomic mass is 9.83. The van der Waals surface area contributed by atoms with E-state index in [-0.39, 0.29) is 12.1 Å². The van der Waals surface area contributed by atoms with E-state index in [0.29, 0.717) is 0 Å². The Morgan fingerprint density at radius 2 is 0.760 bits per heavy atom. The molecule has 0 saturated carbocycles. The van der Waals surface area contributed by atoms with Crippen molar-refractivity contribution in [3.05, 3.63) is 182 Å². The summed E-state index contributed by atoms with van der Waals surface area (Å²) in [4.78, 5) is 7.60. The third kappa shape index (κ3) is 4.50. The minimum Gasteiger partial charge on any atom is -0.354 e. The molecule has 0 bridgehead atoms. The van der Waals surface area contributed by atoms with Gasteiger partial charge in [0.05, 0.1) is 13.8 Å². The van der Waals surface area contributed by atoms with Crippen molar-refractivity contribution in [2.45, 2.75) is 0 Å². The molecule has 2 nitrogen and oxygen atoms in total. The van der Waals surface area contributed by atoms with E-state index in [1.165, 1.54) is 0 Å². The van der Waals surface area contributed by atoms with Gasteiger partial charge in [-0.2, -0.15) is 0 Å². The molecule has 2 aromatic heterocycles. The van der Waals surface area contributed by atoms with Crippen LogP contribution in [0, 0.1) is 0 Å². The van der Waals surface area contributed by atoms with Crippen molar-refractivity contribution < 1.29 is 2.74 Å². The summed E-state index contributed by atoms with van der Waals surface area (Å²) in [5.74, 6) is 0. The summed E-state index contributed by atoms with van der Waals surface area (Å²) in [5.41, 5.74) is 13.4. The van der Waals surface area contributed by atoms with Crippen LogP contribution in [0.25, 0.3) is 99.2 Å². The molecular weight excluding hydrogens is 605 g/mol. The number of aromatic nitrogens is 2. The number of benzene rings is 8. The number of hydrogen-bond acceptors (Lipinski definition) is 0. The Labute approximate surface area is 293 Å². The van der Waals surface area contributed by atoms with Gasteiger partial charge in [0.2, 0.25) is 0 Å². The van der Waals surface area contributed by atoms with E-state index >= 15 is 0 Å². The Hall–Kier alpha value is -6.64. The van der Waals surface area contributed by atoms with Crippen LogP contribution < -0.4 is 0 Å². The molecule has 50 heavy (non-hydrogen) atoms. The number of hydrogen-bond donors (Lipinski definition) is 2. The maximum Gasteiger partial charge on any atom is 0.0630 e. The first kappa shape index (κ1) is 26.3. The topological polar surface area (TPSA) is 31.6 Å². The Kier molecular flexibility index (Phi) is 6.06. The van der Waals surface area contributed by atoms with E-state index in [2.05, 4.69) is 137 Å². The van der Waals surface area contributed by atoms with Crippen molar-refractivity contribution >= 4 is 43.6 Å². The molecule has 2 heterocycles. The predicted molar refractivity (Wildman–Crippen MR) is 212 cm³/mol. The summed E-state index contributed by atoms with van der Waals surface area (Å²) in [6.07, 6.45) is 0. The van der Waals surface area contributed by atoms with Crippen molar-refractivity contribution in [1.29, 1.82) is 0 Å². The molecule has 0 spiro atoms. The average Bonchev–Trinajstić information content (AvgIpc) is 3.78. The maximum atomic E-state index is 10.1. The number of aromatic amines is 2. The Morgan fingerprint density at radius 1 is 0.320 bits per heavy atom. The number of para-hydroxylation sites is 2. The van der Waals surface area contributed by atoms with Crippen molar-refractivity contribution in [3.63, 3.8) is 0 Å². The molecule has 0 unspecified atom stereocenters. The number of fused-ring (bicyclic) bond motifs is 6. The van der Waals surface area contributed by atoms with Gasteiger partial charge < -0.3 is 9.97 Å². The monoisotopic (exact) mass is 638 g/mol. The lowest BCUT2D eigenvalue weighted by molar-refractivity contribution is 1.51. The Bertz CT molecular complexity index is 2960. The highest BCUT2D eigenvalue weighted by atomic mass is 14.7. The largest absolute Gasteiger partial charge is 0.354 e. The zero-order chi connectivity index (χ0) is 34.8. The van der Waals surface area contributed by atoms with Gasteiger partial charge in [0.1, 0.15) is 0 Å². The molecule has 10 rings (SSSR count). The van der Waals surface area contributed by atoms with Crippen LogP contribution in [0.5, 0.6) is 0 Å². The van der Waals surface area contributed by atoms with Gasteiger partial charge in [0.15, 0.2) is 0 Å². The number of rotatable bonds is 5. The molecular formula is C48H32N2. The summed E-state index contributed by atoms with van der Waals surface area (Å²) in [5, 5.41) is 4.47. The summed E-state index contributed by atoms with van der Waals surface area (Å²) < 4.78 is 19.7. The third-order valence-electron chi connectivity index (χ3n) is 10.0. The lowest BCUT2D eigenvalue weighted by Crippen LogP contribution is -1.95. The van der Waals surface area contributed by atoms with Gasteiger partial charge in [0, 0.05) is 43.7 Å². The summed E-state index contributed by atoms with van der Waals surface area (Å²) in [6.45, 7) is 0. The molecule has 234 valence electrons. The molecule has 8 aromatic carbocycles. The molecule has 0 fully saturated rings. The minimum atomic E-state index is 0.187. The van der Waals surface area contributed by atoms with Crippen LogP contribution in [0.1, 0.15) is 2.74 Å². The van der Waals surface area contributed by atoms with Crippen LogP contribution in [0.3, 0.4) is 0 Å². The minimum absolute atomic E-state index is 0.187. The second-order valence-corrected chi connectivity index (χ2v) is 12.9. The SMILES string of the molecule is [2H]c1c(-c2ccccc2)cc(-c2c(-c3ccccc3)ccc3c2[nH]c2ccccc23)c(-c2c(-c3ccccc3)ccc3c2[nH]c2ccccc23)c1[2H]. The van der Waals surface area contributed by atoms with Crippen LogP contribution in [0.4, 0.5) is 0 Å². The highest BCUT2D eigenvalue weighted by molar-refractivity contribution is 6.19. The van der Waals surface area contributed by atoms with Crippen LogP contribution in [0.15, 0.2) is 182 Å². The quantitative estimate of drug-likeness (QED) is 0.188. The first-order chi connectivity index (χ1) is 25.7. The molecule has 2 N–H and O–H groups in total. The first-order valence-corrected chi connectivity index (χ1v) is 17.0. The Balaban J connectivity index is 1.44. The highest BCUT2D eigenvalue weighted by Gasteiger charge is 2.23. The van der Waals surface area contributed by atoms with Crippen LogP contribution in [-0.2, 0) is 0 Å². The fraction of sp³-hybridized carbons (Fsp3) is 0. The van der Waals surface area contributed by atoms with E-state index in [0.717, 1.165) is 99.2 Å². The second-order valence-electron chi connectivity index (χ2n) is 12.9. The van der Waals surface area contributed by atoms with Gasteiger partial charge in [-0.15, -0.1) is 0 Å². The van der Waals surface area contributed by atoms with Crippen LogP contribution >= 0.6 is 0 Å². The van der Waals surface area contributed by atoms with E-state index in [1.807, 2.05) is 42.5 Å². The van der Waals surface area contributed by atoms with Crippen molar-refractivity contribution in [2.24, 2.45) is 0 Å². The average molecular weight is 639 g/mol. The molecule has 0 atom stereocenters. The van der Waals surface area contributed by atoms with Gasteiger partial charge in [-0.1, -0.05) is 164 Å². The summed E-state index contributed by atoms with van der Waals surface area (Å²) in [6, 6.07) is 59.1. The lowest BCUT2D eigenvalue weighted by Gasteiger charge is -2.20. The Morgan fingerprint density at radius 3 is 1.28 bits per heavy atom. The van der Waals surface area contributed by atoms with Crippen molar-refractivity contribution in [1.82, 2.24) is 9.97 Å². The zero-order valence-electron chi connectivity index (χ0n) is 29.2. The molecule has 0 amide bonds. The van der Waals surface area contributed by atoms with Gasteiger partial charge in [0.25, 0.3) is 0 Å². The van der Waals surface area contributed by atoms with Gasteiger partial charge in [-0.3, -0.25) is 0 Å². The van der Waals surface area contributed by atoms with Gasteiger partial charge in [-0.05, 0) is 62.7 Å². The third-order valence-corrected chi connectivity index (χ3v) is 10.0. The second kappa shape index (κ2) is 11.5. The van der Waals surface area contributed by atoms with E-state index in [4.69, 9.17) is 0 Å². The predicted octanol–water partition coefficient (Wildman–Crippen LogP) is 13.3. The fourth-order valence-corrected chi connectivity index (χ4v) is 7.71. The van der Waals surface area contributed by atoms with E-state index in [9.17, 15) is 2.74 Å². The van der Waals surface area contributed by atoms with Gasteiger partial charge in [-0.25, -0.2) is 0 Å². The fourth-order valence-electron chi connectivity index (χ4n) is 7.71. The molecule has 0 aliphatic rings. The molecule has 0 aliphatic heterocycles. The van der Waals surface area contributed by atoms with Crippen LogP contribution in [-0.4, -0.2) is 9.97 Å².